The summed E-state index contributed by atoms with van der Waals surface area (Å²) in [6.07, 6.45) is 0. The molecule has 2 rings (SSSR count). The predicted molar refractivity (Wildman–Crippen MR) is 75.5 cm³/mol. The average Bonchev–Trinajstić information content (AvgIpc) is 2.83. The van der Waals surface area contributed by atoms with Crippen molar-refractivity contribution in [1.82, 2.24) is 0 Å². The Morgan fingerprint density at radius 1 is 1.05 bits per heavy atom. The van der Waals surface area contributed by atoms with Gasteiger partial charge in [0.2, 0.25) is 5.76 Å². The third-order valence-corrected chi connectivity index (χ3v) is 3.56. The fraction of sp³-hybridized carbons (Fsp3) is 0. The smallest absolute Gasteiger partial charge is 0.371 e. The van der Waals surface area contributed by atoms with Crippen LogP contribution in [0.25, 0.3) is 0 Å². The number of furan rings is 1. The van der Waals surface area contributed by atoms with Crippen molar-refractivity contribution in [3.63, 3.8) is 0 Å². The van der Waals surface area contributed by atoms with Gasteiger partial charge in [-0.3, -0.25) is 4.79 Å². The molecule has 2 N–H and O–H groups in total. The van der Waals surface area contributed by atoms with E-state index < -0.39 is 11.9 Å². The van der Waals surface area contributed by atoms with E-state index in [4.69, 9.17) is 9.52 Å². The van der Waals surface area contributed by atoms with Crippen LogP contribution in [-0.2, 0) is 0 Å². The van der Waals surface area contributed by atoms with Gasteiger partial charge in [0.1, 0.15) is 0 Å². The minimum Gasteiger partial charge on any atom is -0.475 e. The Labute approximate surface area is 124 Å². The van der Waals surface area contributed by atoms with Crippen molar-refractivity contribution < 1.29 is 19.1 Å². The van der Waals surface area contributed by atoms with E-state index in [1.807, 2.05) is 0 Å². The Balaban J connectivity index is 2.23. The second-order valence-corrected chi connectivity index (χ2v) is 5.23. The number of hydrogen-bond donors (Lipinski definition) is 2. The molecular formula is C12H7Br2NO4. The molecule has 5 nitrogen and oxygen atoms in total. The first-order valence-corrected chi connectivity index (χ1v) is 6.66. The Morgan fingerprint density at radius 3 is 2.16 bits per heavy atom. The van der Waals surface area contributed by atoms with Crippen LogP contribution < -0.4 is 5.32 Å². The van der Waals surface area contributed by atoms with Crippen molar-refractivity contribution in [3.8, 4) is 0 Å². The van der Waals surface area contributed by atoms with Crippen LogP contribution >= 0.6 is 31.9 Å². The summed E-state index contributed by atoms with van der Waals surface area (Å²) in [5, 5.41) is 11.3. The number of carboxylic acids is 1. The lowest BCUT2D eigenvalue weighted by atomic mass is 10.3. The van der Waals surface area contributed by atoms with Gasteiger partial charge in [0.15, 0.2) is 5.76 Å². The summed E-state index contributed by atoms with van der Waals surface area (Å²) in [6.45, 7) is 0. The van der Waals surface area contributed by atoms with Gasteiger partial charge >= 0.3 is 5.97 Å². The van der Waals surface area contributed by atoms with Gasteiger partial charge in [-0.05, 0) is 56.1 Å². The van der Waals surface area contributed by atoms with Gasteiger partial charge in [-0.25, -0.2) is 4.79 Å². The molecule has 0 radical (unpaired) electrons. The molecule has 1 amide bonds. The van der Waals surface area contributed by atoms with Gasteiger partial charge in [-0.2, -0.15) is 0 Å². The zero-order valence-corrected chi connectivity index (χ0v) is 12.5. The average molecular weight is 389 g/mol. The maximum absolute atomic E-state index is 11.9. The first kappa shape index (κ1) is 13.8. The number of nitrogens with one attached hydrogen (secondary N) is 1. The molecule has 1 heterocycles. The largest absolute Gasteiger partial charge is 0.475 e. The van der Waals surface area contributed by atoms with Gasteiger partial charge in [-0.1, -0.05) is 6.07 Å². The van der Waals surface area contributed by atoms with E-state index in [9.17, 15) is 9.59 Å². The zero-order valence-electron chi connectivity index (χ0n) is 9.31. The lowest BCUT2D eigenvalue weighted by molar-refractivity contribution is 0.0660. The van der Waals surface area contributed by atoms with E-state index in [2.05, 4.69) is 37.2 Å². The summed E-state index contributed by atoms with van der Waals surface area (Å²) in [7, 11) is 0. The van der Waals surface area contributed by atoms with Crippen LogP contribution in [0.15, 0.2) is 43.7 Å². The summed E-state index contributed by atoms with van der Waals surface area (Å²) in [6, 6.07) is 7.88. The Kier molecular flexibility index (Phi) is 4.06. The zero-order chi connectivity index (χ0) is 14.0. The maximum atomic E-state index is 11.9. The van der Waals surface area contributed by atoms with E-state index >= 15 is 0 Å². The topological polar surface area (TPSA) is 79.5 Å². The molecule has 0 saturated heterocycles. The minimum atomic E-state index is -1.22. The minimum absolute atomic E-state index is 0.0694. The molecule has 2 aromatic rings. The lowest BCUT2D eigenvalue weighted by Crippen LogP contribution is -2.11. The predicted octanol–water partition coefficient (Wildman–Crippen LogP) is 3.76. The molecule has 0 atom stereocenters. The normalized spacial score (nSPS) is 10.2. The quantitative estimate of drug-likeness (QED) is 0.838. The second-order valence-electron chi connectivity index (χ2n) is 3.52. The molecule has 0 aliphatic carbocycles. The summed E-state index contributed by atoms with van der Waals surface area (Å²) in [5.41, 5.74) is 0.542. The summed E-state index contributed by atoms with van der Waals surface area (Å²) >= 11 is 6.61. The summed E-state index contributed by atoms with van der Waals surface area (Å²) < 4.78 is 6.31. The molecule has 7 heteroatoms. The number of anilines is 1. The number of carbonyl (C=O) groups excluding carboxylic acids is 1. The fourth-order valence-corrected chi connectivity index (χ4v) is 2.56. The van der Waals surface area contributed by atoms with Gasteiger partial charge in [-0.15, -0.1) is 0 Å². The lowest BCUT2D eigenvalue weighted by Gasteiger charge is -2.07. The molecule has 98 valence electrons. The van der Waals surface area contributed by atoms with Gasteiger partial charge in [0, 0.05) is 8.95 Å². The first-order chi connectivity index (χ1) is 8.99. The van der Waals surface area contributed by atoms with Crippen LogP contribution in [0.2, 0.25) is 0 Å². The van der Waals surface area contributed by atoms with Crippen molar-refractivity contribution in [2.75, 3.05) is 5.32 Å². The maximum Gasteiger partial charge on any atom is 0.371 e. The van der Waals surface area contributed by atoms with Crippen molar-refractivity contribution in [3.05, 3.63) is 50.8 Å². The molecule has 0 saturated carbocycles. The van der Waals surface area contributed by atoms with Crippen LogP contribution in [0.3, 0.4) is 0 Å². The molecule has 0 spiro atoms. The van der Waals surface area contributed by atoms with E-state index in [1.54, 1.807) is 18.2 Å². The highest BCUT2D eigenvalue weighted by Crippen LogP contribution is 2.30. The Hall–Kier alpha value is -1.60. The first-order valence-electron chi connectivity index (χ1n) is 5.07. The highest BCUT2D eigenvalue weighted by atomic mass is 79.9. The van der Waals surface area contributed by atoms with Crippen molar-refractivity contribution in [2.24, 2.45) is 0 Å². The number of halogens is 2. The molecular weight excluding hydrogens is 382 g/mol. The van der Waals surface area contributed by atoms with E-state index in [0.717, 1.165) is 0 Å². The van der Waals surface area contributed by atoms with Crippen molar-refractivity contribution in [1.29, 1.82) is 0 Å². The molecule has 0 bridgehead atoms. The Bertz CT molecular complexity index is 631. The highest BCUT2D eigenvalue weighted by Gasteiger charge is 2.16. The fourth-order valence-electron chi connectivity index (χ4n) is 1.37. The monoisotopic (exact) mass is 387 g/mol. The van der Waals surface area contributed by atoms with Crippen LogP contribution in [0.4, 0.5) is 5.69 Å². The molecule has 1 aromatic heterocycles. The standard InChI is InChI=1S/C12H7Br2NO4/c13-6-2-1-3-7(14)10(6)15-11(16)8-4-5-9(19-8)12(17)18/h1-5H,(H,15,16)(H,17,18). The molecule has 0 aliphatic rings. The van der Waals surface area contributed by atoms with Crippen molar-refractivity contribution >= 4 is 49.4 Å². The van der Waals surface area contributed by atoms with E-state index in [0.29, 0.717) is 14.6 Å². The van der Waals surface area contributed by atoms with E-state index in [-0.39, 0.29) is 11.5 Å². The number of rotatable bonds is 3. The SMILES string of the molecule is O=C(O)c1ccc(C(=O)Nc2c(Br)cccc2Br)o1. The van der Waals surface area contributed by atoms with Crippen LogP contribution in [-0.4, -0.2) is 17.0 Å². The van der Waals surface area contributed by atoms with Crippen molar-refractivity contribution in [2.45, 2.75) is 0 Å². The molecule has 19 heavy (non-hydrogen) atoms. The molecule has 1 aromatic carbocycles. The Morgan fingerprint density at radius 2 is 1.63 bits per heavy atom. The number of hydrogen-bond acceptors (Lipinski definition) is 3. The second kappa shape index (κ2) is 5.58. The third-order valence-electron chi connectivity index (χ3n) is 2.24. The van der Waals surface area contributed by atoms with Gasteiger partial charge < -0.3 is 14.8 Å². The number of amides is 1. The number of aromatic carboxylic acids is 1. The number of carboxylic acid groups (broad SMARTS) is 1. The summed E-state index contributed by atoms with van der Waals surface area (Å²) in [4.78, 5) is 22.6. The molecule has 0 fully saturated rings. The molecule has 0 unspecified atom stereocenters. The summed E-state index contributed by atoms with van der Waals surface area (Å²) in [5.74, 6) is -2.10. The molecule has 0 aliphatic heterocycles. The van der Waals surface area contributed by atoms with Gasteiger partial charge in [0.25, 0.3) is 5.91 Å². The number of carbonyl (C=O) groups is 2. The number of benzene rings is 1. The van der Waals surface area contributed by atoms with Gasteiger partial charge in [0.05, 0.1) is 5.69 Å². The van der Waals surface area contributed by atoms with Crippen LogP contribution in [0, 0.1) is 0 Å². The van der Waals surface area contributed by atoms with Crippen LogP contribution in [0.1, 0.15) is 21.1 Å². The highest BCUT2D eigenvalue weighted by molar-refractivity contribution is 9.11. The van der Waals surface area contributed by atoms with E-state index in [1.165, 1.54) is 12.1 Å². The number of para-hydroxylation sites is 1. The van der Waals surface area contributed by atoms with Crippen LogP contribution in [0.5, 0.6) is 0 Å². The third kappa shape index (κ3) is 3.05.